The molecule has 6 nitrogen and oxygen atoms in total. The molecule has 2 aromatic heterocycles. The van der Waals surface area contributed by atoms with Gasteiger partial charge in [0.2, 0.25) is 5.95 Å². The van der Waals surface area contributed by atoms with Crippen LogP contribution < -0.4 is 10.6 Å². The highest BCUT2D eigenvalue weighted by molar-refractivity contribution is 5.55. The third-order valence-corrected chi connectivity index (χ3v) is 4.58. The van der Waals surface area contributed by atoms with E-state index in [0.717, 1.165) is 37.3 Å². The van der Waals surface area contributed by atoms with E-state index >= 15 is 0 Å². The lowest BCUT2D eigenvalue weighted by atomic mass is 9.87. The summed E-state index contributed by atoms with van der Waals surface area (Å²) in [5.41, 5.74) is 1.63. The number of halogens is 1. The molecule has 7 heteroatoms. The Balaban J connectivity index is 1.60. The average molecular weight is 341 g/mol. The lowest BCUT2D eigenvalue weighted by Crippen LogP contribution is -2.43. The number of anilines is 2. The minimum atomic E-state index is -0.712. The van der Waals surface area contributed by atoms with Crippen LogP contribution in [0.25, 0.3) is 5.65 Å². The van der Waals surface area contributed by atoms with Crippen molar-refractivity contribution < 1.29 is 9.50 Å². The van der Waals surface area contributed by atoms with Crippen LogP contribution in [0.1, 0.15) is 18.5 Å². The van der Waals surface area contributed by atoms with Crippen LogP contribution in [0, 0.1) is 5.82 Å². The maximum absolute atomic E-state index is 13.0. The van der Waals surface area contributed by atoms with Crippen LogP contribution in [-0.4, -0.2) is 38.4 Å². The van der Waals surface area contributed by atoms with Crippen LogP contribution in [0.15, 0.2) is 42.5 Å². The highest BCUT2D eigenvalue weighted by atomic mass is 19.1. The monoisotopic (exact) mass is 341 g/mol. The molecule has 1 aliphatic rings. The summed E-state index contributed by atoms with van der Waals surface area (Å²) < 4.78 is 14.8. The highest BCUT2D eigenvalue weighted by Crippen LogP contribution is 2.24. The Labute approximate surface area is 144 Å². The van der Waals surface area contributed by atoms with Crippen molar-refractivity contribution >= 4 is 17.3 Å². The van der Waals surface area contributed by atoms with Gasteiger partial charge in [-0.25, -0.2) is 8.91 Å². The van der Waals surface area contributed by atoms with Crippen molar-refractivity contribution in [1.82, 2.24) is 19.9 Å². The van der Waals surface area contributed by atoms with E-state index < -0.39 is 5.60 Å². The molecule has 0 unspecified atom stereocenters. The first-order valence-corrected chi connectivity index (χ1v) is 8.42. The molecule has 0 aliphatic carbocycles. The summed E-state index contributed by atoms with van der Waals surface area (Å²) in [6.07, 6.45) is 1.98. The van der Waals surface area contributed by atoms with Gasteiger partial charge in [-0.15, -0.1) is 5.10 Å². The number of piperidine rings is 1. The average Bonchev–Trinajstić information content (AvgIpc) is 3.01. The van der Waals surface area contributed by atoms with Crippen LogP contribution in [0.2, 0.25) is 0 Å². The Morgan fingerprint density at radius 1 is 1.16 bits per heavy atom. The maximum Gasteiger partial charge on any atom is 0.247 e. The van der Waals surface area contributed by atoms with Crippen LogP contribution in [0.3, 0.4) is 0 Å². The molecule has 25 heavy (non-hydrogen) atoms. The Hall–Kier alpha value is -2.51. The van der Waals surface area contributed by atoms with Crippen molar-refractivity contribution in [2.75, 3.05) is 18.4 Å². The Morgan fingerprint density at radius 2 is 1.92 bits per heavy atom. The standard InChI is InChI=1S/C18H20FN5O/c19-13-4-6-14(7-5-13)21-17-22-16-3-1-2-15(24(16)23-17)12-18(25)8-10-20-11-9-18/h1-7,20,25H,8-12H2,(H,21,23). The first-order valence-electron chi connectivity index (χ1n) is 8.42. The van der Waals surface area contributed by atoms with Crippen molar-refractivity contribution in [3.8, 4) is 0 Å². The summed E-state index contributed by atoms with van der Waals surface area (Å²) in [5, 5.41) is 21.6. The number of hydrogen-bond donors (Lipinski definition) is 3. The van der Waals surface area contributed by atoms with E-state index in [1.165, 1.54) is 12.1 Å². The van der Waals surface area contributed by atoms with E-state index in [9.17, 15) is 9.50 Å². The summed E-state index contributed by atoms with van der Waals surface area (Å²) in [5.74, 6) is 0.155. The summed E-state index contributed by atoms with van der Waals surface area (Å²) in [6.45, 7) is 1.64. The minimum Gasteiger partial charge on any atom is -0.389 e. The zero-order valence-electron chi connectivity index (χ0n) is 13.7. The van der Waals surface area contributed by atoms with Crippen molar-refractivity contribution in [1.29, 1.82) is 0 Å². The Morgan fingerprint density at radius 3 is 2.68 bits per heavy atom. The third-order valence-electron chi connectivity index (χ3n) is 4.58. The predicted molar refractivity (Wildman–Crippen MR) is 93.4 cm³/mol. The van der Waals surface area contributed by atoms with Gasteiger partial charge in [0.1, 0.15) is 5.82 Å². The third kappa shape index (κ3) is 3.47. The van der Waals surface area contributed by atoms with Gasteiger partial charge in [0.25, 0.3) is 0 Å². The zero-order valence-corrected chi connectivity index (χ0v) is 13.7. The molecule has 3 N–H and O–H groups in total. The molecule has 0 bridgehead atoms. The van der Waals surface area contributed by atoms with Crippen LogP contribution in [0.4, 0.5) is 16.0 Å². The smallest absolute Gasteiger partial charge is 0.247 e. The minimum absolute atomic E-state index is 0.286. The number of nitrogens with zero attached hydrogens (tertiary/aromatic N) is 3. The fraction of sp³-hybridized carbons (Fsp3) is 0.333. The molecule has 4 rings (SSSR count). The number of aliphatic hydroxyl groups is 1. The Kier molecular flexibility index (Phi) is 4.10. The van der Waals surface area contributed by atoms with Crippen LogP contribution in [-0.2, 0) is 6.42 Å². The van der Waals surface area contributed by atoms with Crippen molar-refractivity contribution in [3.63, 3.8) is 0 Å². The second kappa shape index (κ2) is 6.42. The fourth-order valence-corrected chi connectivity index (χ4v) is 3.21. The number of rotatable bonds is 4. The normalized spacial score (nSPS) is 16.9. The first kappa shape index (κ1) is 16.0. The molecule has 130 valence electrons. The molecule has 0 saturated carbocycles. The number of nitrogens with one attached hydrogen (secondary N) is 2. The van der Waals surface area contributed by atoms with Gasteiger partial charge in [-0.3, -0.25) is 0 Å². The van der Waals surface area contributed by atoms with Gasteiger partial charge in [-0.05, 0) is 62.3 Å². The van der Waals surface area contributed by atoms with Gasteiger partial charge in [0.05, 0.1) is 5.60 Å². The van der Waals surface area contributed by atoms with Gasteiger partial charge < -0.3 is 15.7 Å². The lowest BCUT2D eigenvalue weighted by molar-refractivity contribution is 0.00961. The molecular weight excluding hydrogens is 321 g/mol. The molecule has 3 heterocycles. The number of aromatic nitrogens is 3. The van der Waals surface area contributed by atoms with Gasteiger partial charge in [-0.2, -0.15) is 4.98 Å². The predicted octanol–water partition coefficient (Wildman–Crippen LogP) is 2.27. The number of benzene rings is 1. The van der Waals surface area contributed by atoms with Gasteiger partial charge in [0, 0.05) is 17.8 Å². The molecule has 1 aliphatic heterocycles. The van der Waals surface area contributed by atoms with Gasteiger partial charge >= 0.3 is 0 Å². The molecule has 0 amide bonds. The van der Waals surface area contributed by atoms with Gasteiger partial charge in [0.15, 0.2) is 5.65 Å². The summed E-state index contributed by atoms with van der Waals surface area (Å²) in [6, 6.07) is 11.8. The number of hydrogen-bond acceptors (Lipinski definition) is 5. The zero-order chi connectivity index (χ0) is 17.3. The van der Waals surface area contributed by atoms with Crippen LogP contribution >= 0.6 is 0 Å². The molecule has 3 aromatic rings. The highest BCUT2D eigenvalue weighted by Gasteiger charge is 2.30. The molecule has 0 spiro atoms. The fourth-order valence-electron chi connectivity index (χ4n) is 3.21. The summed E-state index contributed by atoms with van der Waals surface area (Å²) >= 11 is 0. The van der Waals surface area contributed by atoms with E-state index in [4.69, 9.17) is 0 Å². The first-order chi connectivity index (χ1) is 12.1. The van der Waals surface area contributed by atoms with Gasteiger partial charge in [-0.1, -0.05) is 6.07 Å². The SMILES string of the molecule is OC1(Cc2cccc3nc(Nc4ccc(F)cc4)nn23)CCNCC1. The number of fused-ring (bicyclic) bond motifs is 1. The topological polar surface area (TPSA) is 74.5 Å². The molecule has 0 atom stereocenters. The second-order valence-electron chi connectivity index (χ2n) is 6.51. The van der Waals surface area contributed by atoms with E-state index in [0.29, 0.717) is 18.0 Å². The number of pyridine rings is 1. The van der Waals surface area contributed by atoms with E-state index in [2.05, 4.69) is 20.7 Å². The maximum atomic E-state index is 13.0. The van der Waals surface area contributed by atoms with E-state index in [-0.39, 0.29) is 5.82 Å². The Bertz CT molecular complexity index is 871. The van der Waals surface area contributed by atoms with Crippen LogP contribution in [0.5, 0.6) is 0 Å². The molecular formula is C18H20FN5O. The van der Waals surface area contributed by atoms with Crippen molar-refractivity contribution in [2.45, 2.75) is 24.9 Å². The molecule has 0 radical (unpaired) electrons. The van der Waals surface area contributed by atoms with Crippen molar-refractivity contribution in [3.05, 3.63) is 54.0 Å². The lowest BCUT2D eigenvalue weighted by Gasteiger charge is -2.32. The second-order valence-corrected chi connectivity index (χ2v) is 6.51. The summed E-state index contributed by atoms with van der Waals surface area (Å²) in [7, 11) is 0. The summed E-state index contributed by atoms with van der Waals surface area (Å²) in [4.78, 5) is 4.46. The van der Waals surface area contributed by atoms with E-state index in [1.54, 1.807) is 16.6 Å². The van der Waals surface area contributed by atoms with Crippen molar-refractivity contribution in [2.24, 2.45) is 0 Å². The molecule has 1 fully saturated rings. The largest absolute Gasteiger partial charge is 0.389 e. The molecule has 1 saturated heterocycles. The quantitative estimate of drug-likeness (QED) is 0.679. The molecule has 1 aromatic carbocycles. The van der Waals surface area contributed by atoms with E-state index in [1.807, 2.05) is 18.2 Å².